The molecule has 0 amide bonds. The molecule has 1 N–H and O–H groups in total. The summed E-state index contributed by atoms with van der Waals surface area (Å²) in [6.45, 7) is 1.24. The van der Waals surface area contributed by atoms with E-state index in [0.29, 0.717) is 5.54 Å². The van der Waals surface area contributed by atoms with Crippen molar-refractivity contribution >= 4 is 0 Å². The van der Waals surface area contributed by atoms with Crippen LogP contribution in [0.5, 0.6) is 0 Å². The molecule has 2 aliphatic rings. The Morgan fingerprint density at radius 3 is 2.45 bits per heavy atom. The van der Waals surface area contributed by atoms with Crippen LogP contribution >= 0.6 is 0 Å². The van der Waals surface area contributed by atoms with E-state index in [4.69, 9.17) is 0 Å². The molecule has 0 aromatic carbocycles. The number of hydrogen-bond donors (Lipinski definition) is 1. The van der Waals surface area contributed by atoms with E-state index in [9.17, 15) is 0 Å². The zero-order valence-corrected chi connectivity index (χ0v) is 7.56. The summed E-state index contributed by atoms with van der Waals surface area (Å²) in [5.41, 5.74) is 0.552. The second-order valence-corrected chi connectivity index (χ2v) is 4.15. The average molecular weight is 154 g/mol. The Kier molecular flexibility index (Phi) is 1.69. The maximum atomic E-state index is 3.60. The molecule has 2 heteroatoms. The summed E-state index contributed by atoms with van der Waals surface area (Å²) in [6.07, 6.45) is 5.56. The van der Waals surface area contributed by atoms with E-state index < -0.39 is 0 Å². The van der Waals surface area contributed by atoms with Crippen LogP contribution in [0.15, 0.2) is 0 Å². The van der Waals surface area contributed by atoms with Crippen molar-refractivity contribution in [3.05, 3.63) is 0 Å². The number of hydrogen-bond acceptors (Lipinski definition) is 2. The summed E-state index contributed by atoms with van der Waals surface area (Å²) in [5.74, 6) is 0. The number of rotatable bonds is 2. The first kappa shape index (κ1) is 7.56. The topological polar surface area (TPSA) is 15.3 Å². The van der Waals surface area contributed by atoms with Gasteiger partial charge < -0.3 is 10.2 Å². The molecule has 11 heavy (non-hydrogen) atoms. The van der Waals surface area contributed by atoms with E-state index in [1.807, 2.05) is 0 Å². The highest BCUT2D eigenvalue weighted by Crippen LogP contribution is 2.45. The van der Waals surface area contributed by atoms with Crippen LogP contribution in [0.25, 0.3) is 0 Å². The van der Waals surface area contributed by atoms with Crippen molar-refractivity contribution in [2.45, 2.75) is 37.3 Å². The van der Waals surface area contributed by atoms with Gasteiger partial charge in [0.1, 0.15) is 0 Å². The molecule has 1 unspecified atom stereocenters. The molecule has 64 valence electrons. The van der Waals surface area contributed by atoms with Crippen LogP contribution in [0.1, 0.15) is 25.7 Å². The van der Waals surface area contributed by atoms with Crippen molar-refractivity contribution in [2.24, 2.45) is 0 Å². The molecule has 1 saturated heterocycles. The first-order valence-corrected chi connectivity index (χ1v) is 4.66. The van der Waals surface area contributed by atoms with Crippen molar-refractivity contribution in [2.75, 3.05) is 20.6 Å². The van der Waals surface area contributed by atoms with Gasteiger partial charge in [0.15, 0.2) is 0 Å². The van der Waals surface area contributed by atoms with E-state index in [2.05, 4.69) is 24.3 Å². The fraction of sp³-hybridized carbons (Fsp3) is 1.00. The summed E-state index contributed by atoms with van der Waals surface area (Å²) in [5, 5.41) is 3.60. The molecule has 1 aliphatic heterocycles. The lowest BCUT2D eigenvalue weighted by molar-refractivity contribution is 0.217. The molecule has 0 spiro atoms. The lowest BCUT2D eigenvalue weighted by Crippen LogP contribution is -2.46. The van der Waals surface area contributed by atoms with Crippen molar-refractivity contribution in [3.63, 3.8) is 0 Å². The van der Waals surface area contributed by atoms with Crippen LogP contribution in [0.4, 0.5) is 0 Å². The van der Waals surface area contributed by atoms with Crippen LogP contribution in [0, 0.1) is 0 Å². The van der Waals surface area contributed by atoms with Gasteiger partial charge in [0.25, 0.3) is 0 Å². The molecule has 1 aliphatic carbocycles. The molecule has 2 nitrogen and oxygen atoms in total. The third-order valence-corrected chi connectivity index (χ3v) is 3.36. The van der Waals surface area contributed by atoms with E-state index in [0.717, 1.165) is 6.04 Å². The highest BCUT2D eigenvalue weighted by Gasteiger charge is 2.51. The summed E-state index contributed by atoms with van der Waals surface area (Å²) in [6, 6.07) is 0.789. The molecule has 2 rings (SSSR count). The van der Waals surface area contributed by atoms with Crippen LogP contribution in [-0.2, 0) is 0 Å². The zero-order chi connectivity index (χ0) is 7.90. The SMILES string of the molecule is CN(C)C1(C2CCCN2)CC1. The first-order chi connectivity index (χ1) is 5.26. The Bertz CT molecular complexity index is 144. The first-order valence-electron chi connectivity index (χ1n) is 4.66. The van der Waals surface area contributed by atoms with Crippen LogP contribution in [-0.4, -0.2) is 37.1 Å². The summed E-state index contributed by atoms with van der Waals surface area (Å²) in [4.78, 5) is 2.41. The lowest BCUT2D eigenvalue weighted by Gasteiger charge is -2.29. The van der Waals surface area contributed by atoms with E-state index in [1.54, 1.807) is 0 Å². The van der Waals surface area contributed by atoms with Gasteiger partial charge in [-0.1, -0.05) is 0 Å². The molecule has 0 aromatic rings. The smallest absolute Gasteiger partial charge is 0.0357 e. The van der Waals surface area contributed by atoms with Crippen LogP contribution in [0.2, 0.25) is 0 Å². The summed E-state index contributed by atoms with van der Waals surface area (Å²) in [7, 11) is 4.43. The highest BCUT2D eigenvalue weighted by molar-refractivity contribution is 5.11. The van der Waals surface area contributed by atoms with E-state index in [-0.39, 0.29) is 0 Å². The second-order valence-electron chi connectivity index (χ2n) is 4.15. The van der Waals surface area contributed by atoms with Crippen molar-refractivity contribution in [3.8, 4) is 0 Å². The Morgan fingerprint density at radius 2 is 2.09 bits per heavy atom. The zero-order valence-electron chi connectivity index (χ0n) is 7.56. The molecular weight excluding hydrogens is 136 g/mol. The maximum Gasteiger partial charge on any atom is 0.0357 e. The number of nitrogens with zero attached hydrogens (tertiary/aromatic N) is 1. The maximum absolute atomic E-state index is 3.60. The molecule has 1 saturated carbocycles. The standard InChI is InChI=1S/C9H18N2/c1-11(2)9(5-6-9)8-4-3-7-10-8/h8,10H,3-7H2,1-2H3. The highest BCUT2D eigenvalue weighted by atomic mass is 15.2. The van der Waals surface area contributed by atoms with Gasteiger partial charge in [-0.15, -0.1) is 0 Å². The van der Waals surface area contributed by atoms with Crippen LogP contribution < -0.4 is 5.32 Å². The monoisotopic (exact) mass is 154 g/mol. The lowest BCUT2D eigenvalue weighted by atomic mass is 10.0. The third kappa shape index (κ3) is 1.09. The van der Waals surface area contributed by atoms with Gasteiger partial charge in [0.05, 0.1) is 0 Å². The predicted molar refractivity (Wildman–Crippen MR) is 46.7 cm³/mol. The van der Waals surface area contributed by atoms with Gasteiger partial charge in [-0.25, -0.2) is 0 Å². The summed E-state index contributed by atoms with van der Waals surface area (Å²) >= 11 is 0. The molecule has 1 atom stereocenters. The molecule has 0 bridgehead atoms. The van der Waals surface area contributed by atoms with Gasteiger partial charge in [-0.3, -0.25) is 0 Å². The van der Waals surface area contributed by atoms with Gasteiger partial charge >= 0.3 is 0 Å². The Labute approximate surface area is 69.0 Å². The minimum atomic E-state index is 0.552. The van der Waals surface area contributed by atoms with Gasteiger partial charge in [0, 0.05) is 11.6 Å². The molecule has 0 aromatic heterocycles. The normalized spacial score (nSPS) is 34.6. The van der Waals surface area contributed by atoms with Gasteiger partial charge in [-0.2, -0.15) is 0 Å². The Hall–Kier alpha value is -0.0800. The largest absolute Gasteiger partial charge is 0.312 e. The van der Waals surface area contributed by atoms with Crippen molar-refractivity contribution < 1.29 is 0 Å². The van der Waals surface area contributed by atoms with Crippen molar-refractivity contribution in [1.29, 1.82) is 0 Å². The predicted octanol–water partition coefficient (Wildman–Crippen LogP) is 0.833. The fourth-order valence-corrected chi connectivity index (χ4v) is 2.38. The number of nitrogens with one attached hydrogen (secondary N) is 1. The molecule has 2 fully saturated rings. The van der Waals surface area contributed by atoms with E-state index >= 15 is 0 Å². The average Bonchev–Trinajstić information content (AvgIpc) is 2.61. The van der Waals surface area contributed by atoms with Crippen LogP contribution in [0.3, 0.4) is 0 Å². The fourth-order valence-electron chi connectivity index (χ4n) is 2.38. The molecule has 0 radical (unpaired) electrons. The van der Waals surface area contributed by atoms with Gasteiger partial charge in [-0.05, 0) is 46.3 Å². The summed E-state index contributed by atoms with van der Waals surface area (Å²) < 4.78 is 0. The van der Waals surface area contributed by atoms with E-state index in [1.165, 1.54) is 32.2 Å². The minimum Gasteiger partial charge on any atom is -0.312 e. The quantitative estimate of drug-likeness (QED) is 0.634. The van der Waals surface area contributed by atoms with Gasteiger partial charge in [0.2, 0.25) is 0 Å². The van der Waals surface area contributed by atoms with Crippen molar-refractivity contribution in [1.82, 2.24) is 10.2 Å². The molecule has 1 heterocycles. The second kappa shape index (κ2) is 2.46. The number of likely N-dealkylation sites (N-methyl/N-ethyl adjacent to an activating group) is 1. The minimum absolute atomic E-state index is 0.552. The Balaban J connectivity index is 2.01. The molecular formula is C9H18N2. The third-order valence-electron chi connectivity index (χ3n) is 3.36. The Morgan fingerprint density at radius 1 is 1.36 bits per heavy atom.